The van der Waals surface area contributed by atoms with Gasteiger partial charge in [-0.1, -0.05) is 12.1 Å². The number of alkyl halides is 3. The van der Waals surface area contributed by atoms with Crippen molar-refractivity contribution in [2.24, 2.45) is 0 Å². The summed E-state index contributed by atoms with van der Waals surface area (Å²) >= 11 is 1.31. The number of hydrogen-bond acceptors (Lipinski definition) is 6. The van der Waals surface area contributed by atoms with E-state index >= 15 is 0 Å². The van der Waals surface area contributed by atoms with Crippen molar-refractivity contribution in [2.75, 3.05) is 11.9 Å². The van der Waals surface area contributed by atoms with E-state index in [4.69, 9.17) is 9.26 Å². The molecule has 0 aliphatic heterocycles. The minimum atomic E-state index is -4.55. The Morgan fingerprint density at radius 2 is 2.03 bits per heavy atom. The number of amides is 1. The Morgan fingerprint density at radius 3 is 2.69 bits per heavy atom. The van der Waals surface area contributed by atoms with E-state index in [0.717, 1.165) is 23.4 Å². The van der Waals surface area contributed by atoms with Crippen LogP contribution < -0.4 is 10.1 Å². The van der Waals surface area contributed by atoms with E-state index in [2.05, 4.69) is 15.5 Å². The third kappa shape index (κ3) is 5.61. The number of carbonyl (C=O) groups is 1. The molecule has 3 aromatic rings. The fourth-order valence-electron chi connectivity index (χ4n) is 2.86. The largest absolute Gasteiger partial charge is 0.491 e. The highest BCUT2D eigenvalue weighted by atomic mass is 32.2. The average molecular weight is 465 g/mol. The van der Waals surface area contributed by atoms with Crippen molar-refractivity contribution in [3.8, 4) is 5.75 Å². The highest BCUT2D eigenvalue weighted by Crippen LogP contribution is 2.36. The summed E-state index contributed by atoms with van der Waals surface area (Å²) in [6, 6.07) is 6.17. The minimum Gasteiger partial charge on any atom is -0.491 e. The molecular formula is C22H22F3N3O3S. The van der Waals surface area contributed by atoms with Crippen LogP contribution in [0.25, 0.3) is 0 Å². The van der Waals surface area contributed by atoms with Crippen LogP contribution in [-0.2, 0) is 11.9 Å². The second kappa shape index (κ2) is 10.1. The van der Waals surface area contributed by atoms with Crippen molar-refractivity contribution >= 4 is 23.4 Å². The predicted molar refractivity (Wildman–Crippen MR) is 115 cm³/mol. The third-order valence-corrected chi connectivity index (χ3v) is 5.60. The van der Waals surface area contributed by atoms with Crippen LogP contribution in [0.2, 0.25) is 0 Å². The molecule has 170 valence electrons. The molecule has 2 aromatic heterocycles. The summed E-state index contributed by atoms with van der Waals surface area (Å²) in [5.41, 5.74) is 0.960. The number of hydrogen-bond donors (Lipinski definition) is 1. The van der Waals surface area contributed by atoms with Crippen molar-refractivity contribution in [3.63, 3.8) is 0 Å². The molecule has 0 radical (unpaired) electrons. The van der Waals surface area contributed by atoms with Crippen molar-refractivity contribution < 1.29 is 27.2 Å². The number of carbonyl (C=O) groups excluding carboxylic acids is 1. The van der Waals surface area contributed by atoms with Crippen LogP contribution >= 0.6 is 11.8 Å². The fourth-order valence-corrected chi connectivity index (χ4v) is 4.00. The molecule has 1 aromatic carbocycles. The van der Waals surface area contributed by atoms with Crippen molar-refractivity contribution in [2.45, 2.75) is 44.1 Å². The quantitative estimate of drug-likeness (QED) is 0.409. The lowest BCUT2D eigenvalue weighted by Crippen LogP contribution is -2.16. The topological polar surface area (TPSA) is 77.2 Å². The maximum atomic E-state index is 13.2. The van der Waals surface area contributed by atoms with Crippen molar-refractivity contribution in [3.05, 3.63) is 64.7 Å². The lowest BCUT2D eigenvalue weighted by molar-refractivity contribution is -0.137. The predicted octanol–water partition coefficient (Wildman–Crippen LogP) is 6.04. The molecule has 0 saturated carbocycles. The Hall–Kier alpha value is -3.01. The Morgan fingerprint density at radius 1 is 1.25 bits per heavy atom. The van der Waals surface area contributed by atoms with Gasteiger partial charge in [-0.05, 0) is 50.6 Å². The number of rotatable bonds is 8. The number of benzene rings is 1. The number of pyridine rings is 1. The van der Waals surface area contributed by atoms with Crippen LogP contribution in [0.3, 0.4) is 0 Å². The summed E-state index contributed by atoms with van der Waals surface area (Å²) in [4.78, 5) is 17.3. The molecule has 0 bridgehead atoms. The Kier molecular flexibility index (Phi) is 7.44. The molecule has 0 saturated heterocycles. The number of aromatic nitrogens is 2. The van der Waals surface area contributed by atoms with Crippen LogP contribution in [0.5, 0.6) is 5.75 Å². The molecule has 0 aliphatic carbocycles. The SMILES string of the molecule is CCCOc1ccc(C(F)(F)F)cc1NC(=O)c1cccnc1SCc1c(C)noc1C. The lowest BCUT2D eigenvalue weighted by atomic mass is 10.1. The summed E-state index contributed by atoms with van der Waals surface area (Å²) in [6.45, 7) is 5.80. The lowest BCUT2D eigenvalue weighted by Gasteiger charge is -2.16. The molecule has 0 aliphatic rings. The molecule has 2 heterocycles. The normalized spacial score (nSPS) is 11.4. The van der Waals surface area contributed by atoms with E-state index in [-0.39, 0.29) is 17.0 Å². The number of nitrogens with one attached hydrogen (secondary N) is 1. The standard InChI is InChI=1S/C22H22F3N3O3S/c1-4-10-30-19-8-7-15(22(23,24)25)11-18(19)27-20(29)16-6-5-9-26-21(16)32-12-17-13(2)28-31-14(17)3/h5-9,11H,4,10,12H2,1-3H3,(H,27,29). The van der Waals surface area contributed by atoms with E-state index in [1.807, 2.05) is 13.8 Å². The monoisotopic (exact) mass is 465 g/mol. The van der Waals surface area contributed by atoms with Gasteiger partial charge in [0.2, 0.25) is 0 Å². The summed E-state index contributed by atoms with van der Waals surface area (Å²) in [5, 5.41) is 6.90. The number of aryl methyl sites for hydroxylation is 2. The first-order chi connectivity index (χ1) is 15.2. The van der Waals surface area contributed by atoms with Crippen LogP contribution in [0.15, 0.2) is 46.1 Å². The zero-order valence-corrected chi connectivity index (χ0v) is 18.6. The molecular weight excluding hydrogens is 443 g/mol. The van der Waals surface area contributed by atoms with Gasteiger partial charge < -0.3 is 14.6 Å². The van der Waals surface area contributed by atoms with Gasteiger partial charge in [-0.2, -0.15) is 13.2 Å². The molecule has 3 rings (SSSR count). The van der Waals surface area contributed by atoms with Gasteiger partial charge in [-0.3, -0.25) is 4.79 Å². The second-order valence-corrected chi connectivity index (χ2v) is 7.92. The molecule has 0 fully saturated rings. The highest BCUT2D eigenvalue weighted by molar-refractivity contribution is 7.98. The minimum absolute atomic E-state index is 0.0520. The number of nitrogens with zero attached hydrogens (tertiary/aromatic N) is 2. The molecule has 0 spiro atoms. The zero-order chi connectivity index (χ0) is 23.3. The maximum absolute atomic E-state index is 13.2. The number of ether oxygens (including phenoxy) is 1. The van der Waals surface area contributed by atoms with E-state index in [1.165, 1.54) is 17.8 Å². The van der Waals surface area contributed by atoms with Gasteiger partial charge in [0.1, 0.15) is 16.5 Å². The van der Waals surface area contributed by atoms with Gasteiger partial charge in [-0.15, -0.1) is 11.8 Å². The molecule has 1 amide bonds. The molecule has 1 N–H and O–H groups in total. The smallest absolute Gasteiger partial charge is 0.416 e. The highest BCUT2D eigenvalue weighted by Gasteiger charge is 2.31. The van der Waals surface area contributed by atoms with Gasteiger partial charge in [-0.25, -0.2) is 4.98 Å². The first kappa shape index (κ1) is 23.6. The summed E-state index contributed by atoms with van der Waals surface area (Å²) in [6.07, 6.45) is -2.33. The number of anilines is 1. The van der Waals surface area contributed by atoms with Gasteiger partial charge in [0, 0.05) is 17.5 Å². The van der Waals surface area contributed by atoms with Crippen molar-refractivity contribution in [1.29, 1.82) is 0 Å². The zero-order valence-electron chi connectivity index (χ0n) is 17.7. The molecule has 0 atom stereocenters. The second-order valence-electron chi connectivity index (χ2n) is 6.96. The van der Waals surface area contributed by atoms with E-state index in [9.17, 15) is 18.0 Å². The summed E-state index contributed by atoms with van der Waals surface area (Å²) in [5.74, 6) is 0.744. The Balaban J connectivity index is 1.85. The van der Waals surface area contributed by atoms with Gasteiger partial charge in [0.15, 0.2) is 0 Å². The van der Waals surface area contributed by atoms with Crippen molar-refractivity contribution in [1.82, 2.24) is 10.1 Å². The third-order valence-electron chi connectivity index (χ3n) is 4.57. The van der Waals surface area contributed by atoms with E-state index in [0.29, 0.717) is 29.6 Å². The van der Waals surface area contributed by atoms with E-state index < -0.39 is 17.6 Å². The Labute approximate surface area is 187 Å². The Bertz CT molecular complexity index is 1080. The molecule has 10 heteroatoms. The fraction of sp³-hybridized carbons (Fsp3) is 0.318. The summed E-state index contributed by atoms with van der Waals surface area (Å²) < 4.78 is 50.3. The van der Waals surface area contributed by atoms with Gasteiger partial charge in [0.05, 0.1) is 29.1 Å². The van der Waals surface area contributed by atoms with Crippen LogP contribution in [0.1, 0.15) is 46.3 Å². The first-order valence-electron chi connectivity index (χ1n) is 9.85. The van der Waals surface area contributed by atoms with Crippen LogP contribution in [-0.4, -0.2) is 22.7 Å². The molecule has 0 unspecified atom stereocenters. The molecule has 32 heavy (non-hydrogen) atoms. The number of thioether (sulfide) groups is 1. The maximum Gasteiger partial charge on any atom is 0.416 e. The average Bonchev–Trinajstić information content (AvgIpc) is 3.08. The van der Waals surface area contributed by atoms with Crippen LogP contribution in [0, 0.1) is 13.8 Å². The van der Waals surface area contributed by atoms with Gasteiger partial charge in [0.25, 0.3) is 5.91 Å². The molecule has 6 nitrogen and oxygen atoms in total. The van der Waals surface area contributed by atoms with Crippen LogP contribution in [0.4, 0.5) is 18.9 Å². The summed E-state index contributed by atoms with van der Waals surface area (Å²) in [7, 11) is 0. The number of halogens is 3. The van der Waals surface area contributed by atoms with E-state index in [1.54, 1.807) is 25.3 Å². The first-order valence-corrected chi connectivity index (χ1v) is 10.8. The van der Waals surface area contributed by atoms with Gasteiger partial charge >= 0.3 is 6.18 Å².